The third kappa shape index (κ3) is 6.52. The maximum atomic E-state index is 10.4. The lowest BCUT2D eigenvalue weighted by Crippen LogP contribution is -2.30. The molecule has 0 bridgehead atoms. The van der Waals surface area contributed by atoms with Crippen LogP contribution in [0.2, 0.25) is 0 Å². The van der Waals surface area contributed by atoms with E-state index in [0.29, 0.717) is 5.56 Å². The lowest BCUT2D eigenvalue weighted by atomic mass is 9.66. The van der Waals surface area contributed by atoms with Gasteiger partial charge in [0, 0.05) is 17.1 Å². The van der Waals surface area contributed by atoms with E-state index in [1.807, 2.05) is 6.07 Å². The third-order valence-electron chi connectivity index (χ3n) is 14.6. The van der Waals surface area contributed by atoms with E-state index in [1.165, 1.54) is 66.8 Å². The first-order chi connectivity index (χ1) is 32.4. The minimum atomic E-state index is -0.709. The summed E-state index contributed by atoms with van der Waals surface area (Å²) in [6.45, 7) is 13.7. The van der Waals surface area contributed by atoms with Crippen LogP contribution in [0, 0.1) is 11.3 Å². The van der Waals surface area contributed by atoms with Crippen molar-refractivity contribution in [2.45, 2.75) is 63.2 Å². The Hall–Kier alpha value is -7.73. The smallest absolute Gasteiger partial charge is 0.0991 e. The van der Waals surface area contributed by atoms with Crippen LogP contribution in [0.1, 0.15) is 103 Å². The van der Waals surface area contributed by atoms with Crippen LogP contribution in [0.5, 0.6) is 0 Å². The molecule has 2 atom stereocenters. The van der Waals surface area contributed by atoms with Crippen molar-refractivity contribution in [1.29, 1.82) is 5.26 Å². The molecule has 2 aliphatic rings. The predicted octanol–water partition coefficient (Wildman–Crippen LogP) is 16.3. The van der Waals surface area contributed by atoms with Crippen LogP contribution in [0.25, 0.3) is 22.3 Å². The number of rotatable bonds is 7. The van der Waals surface area contributed by atoms with E-state index in [1.54, 1.807) is 0 Å². The molecule has 0 radical (unpaired) electrons. The molecule has 0 N–H and O–H groups in total. The van der Waals surface area contributed by atoms with E-state index in [4.69, 9.17) is 0 Å². The van der Waals surface area contributed by atoms with Crippen LogP contribution in [0.15, 0.2) is 218 Å². The van der Waals surface area contributed by atoms with E-state index >= 15 is 0 Å². The van der Waals surface area contributed by atoms with Crippen LogP contribution in [-0.4, -0.2) is 0 Å². The topological polar surface area (TPSA) is 27.0 Å². The quantitative estimate of drug-likeness (QED) is 0.160. The summed E-state index contributed by atoms with van der Waals surface area (Å²) in [5.74, 6) is 0. The predicted molar refractivity (Wildman–Crippen MR) is 278 cm³/mol. The number of para-hydroxylation sites is 1. The Morgan fingerprint density at radius 1 is 0.343 bits per heavy atom. The van der Waals surface area contributed by atoms with Gasteiger partial charge in [-0.15, -0.1) is 0 Å². The first kappa shape index (κ1) is 41.9. The molecule has 0 saturated carbocycles. The molecule has 11 rings (SSSR count). The molecule has 2 nitrogen and oxygen atoms in total. The van der Waals surface area contributed by atoms with Crippen molar-refractivity contribution in [3.8, 4) is 28.3 Å². The van der Waals surface area contributed by atoms with Gasteiger partial charge in [-0.05, 0) is 137 Å². The molecule has 0 saturated heterocycles. The molecule has 0 amide bonds. The van der Waals surface area contributed by atoms with Crippen LogP contribution >= 0.6 is 0 Å². The third-order valence-corrected chi connectivity index (χ3v) is 14.6. The molecule has 9 aromatic rings. The lowest BCUT2D eigenvalue weighted by Gasteiger charge is -2.36. The van der Waals surface area contributed by atoms with Gasteiger partial charge < -0.3 is 4.90 Å². The average molecular weight is 863 g/mol. The first-order valence-corrected chi connectivity index (χ1v) is 23.6. The summed E-state index contributed by atoms with van der Waals surface area (Å²) in [6, 6.07) is 83.3. The second-order valence-electron chi connectivity index (χ2n) is 20.4. The highest BCUT2D eigenvalue weighted by Gasteiger charge is 2.48. The van der Waals surface area contributed by atoms with Crippen molar-refractivity contribution in [1.82, 2.24) is 0 Å². The van der Waals surface area contributed by atoms with E-state index in [0.717, 1.165) is 28.2 Å². The van der Waals surface area contributed by atoms with Gasteiger partial charge in [-0.25, -0.2) is 0 Å². The number of benzene rings is 9. The second-order valence-corrected chi connectivity index (χ2v) is 20.4. The minimum Gasteiger partial charge on any atom is -0.310 e. The number of nitriles is 1. The van der Waals surface area contributed by atoms with Crippen molar-refractivity contribution in [2.24, 2.45) is 0 Å². The molecule has 324 valence electrons. The van der Waals surface area contributed by atoms with Crippen LogP contribution in [0.3, 0.4) is 0 Å². The summed E-state index contributed by atoms with van der Waals surface area (Å²) in [5, 5.41) is 10.4. The van der Waals surface area contributed by atoms with Crippen LogP contribution in [0.4, 0.5) is 17.1 Å². The van der Waals surface area contributed by atoms with Gasteiger partial charge >= 0.3 is 0 Å². The van der Waals surface area contributed by atoms with Gasteiger partial charge in [0.15, 0.2) is 0 Å². The van der Waals surface area contributed by atoms with E-state index in [9.17, 15) is 5.26 Å². The van der Waals surface area contributed by atoms with Gasteiger partial charge in [-0.2, -0.15) is 5.26 Å². The number of fused-ring (bicyclic) bond motifs is 6. The molecule has 2 heteroatoms. The zero-order chi connectivity index (χ0) is 46.1. The van der Waals surface area contributed by atoms with Crippen molar-refractivity contribution >= 4 is 17.1 Å². The summed E-state index contributed by atoms with van der Waals surface area (Å²) in [5.41, 5.74) is 19.7. The van der Waals surface area contributed by atoms with Crippen LogP contribution < -0.4 is 4.90 Å². The van der Waals surface area contributed by atoms with Gasteiger partial charge in [-0.1, -0.05) is 211 Å². The van der Waals surface area contributed by atoms with Gasteiger partial charge in [0.2, 0.25) is 0 Å². The molecule has 67 heavy (non-hydrogen) atoms. The fourth-order valence-electron chi connectivity index (χ4n) is 11.3. The number of hydrogen-bond acceptors (Lipinski definition) is 2. The average Bonchev–Trinajstić information content (AvgIpc) is 3.82. The van der Waals surface area contributed by atoms with E-state index in [2.05, 4.69) is 265 Å². The maximum Gasteiger partial charge on any atom is 0.0991 e. The first-order valence-electron chi connectivity index (χ1n) is 23.6. The SMILES string of the molecule is CC(C)(C)c1ccc(C2(c3ccccc3)c3ccccc3-c3ccc(N(c4ccccc4)c4ccc5c(c4)C(c4ccccc4)(c4cccc(C(C)(C)C)c4)c4cc(C#N)ccc4-5)cc32)cc1. The van der Waals surface area contributed by atoms with Gasteiger partial charge in [0.25, 0.3) is 0 Å². The largest absolute Gasteiger partial charge is 0.310 e. The summed E-state index contributed by atoms with van der Waals surface area (Å²) >= 11 is 0. The summed E-state index contributed by atoms with van der Waals surface area (Å²) < 4.78 is 0. The molecule has 0 heterocycles. The number of hydrogen-bond donors (Lipinski definition) is 0. The highest BCUT2D eigenvalue weighted by molar-refractivity contribution is 5.92. The monoisotopic (exact) mass is 862 g/mol. The van der Waals surface area contributed by atoms with E-state index in [-0.39, 0.29) is 10.8 Å². The molecule has 0 aromatic heterocycles. The van der Waals surface area contributed by atoms with Crippen molar-refractivity contribution in [2.75, 3.05) is 4.90 Å². The standard InChI is InChI=1S/C65H54N2/c1-62(2,3)45-30-32-48(33-31-45)64(46-19-10-7-11-20-46)58-28-17-16-27-54(58)56-37-34-52(41-60(56)64)67(51-25-14-9-15-26-51)53-35-38-57-55-36-29-44(43-66)39-59(55)65(61(57)42-53,47-21-12-8-13-22-47)50-24-18-23-49(40-50)63(4,5)6/h7-42H,1-6H3. The fourth-order valence-corrected chi connectivity index (χ4v) is 11.3. The highest BCUT2D eigenvalue weighted by atomic mass is 15.1. The van der Waals surface area contributed by atoms with Gasteiger partial charge in [0.05, 0.1) is 22.5 Å². The Morgan fingerprint density at radius 3 is 1.34 bits per heavy atom. The molecule has 0 aliphatic heterocycles. The normalized spacial score (nSPS) is 16.9. The summed E-state index contributed by atoms with van der Waals surface area (Å²) in [4.78, 5) is 2.44. The van der Waals surface area contributed by atoms with Crippen LogP contribution in [-0.2, 0) is 21.7 Å². The number of anilines is 3. The Balaban J connectivity index is 1.19. The summed E-state index contributed by atoms with van der Waals surface area (Å²) in [7, 11) is 0. The summed E-state index contributed by atoms with van der Waals surface area (Å²) in [6.07, 6.45) is 0. The van der Waals surface area contributed by atoms with Crippen molar-refractivity contribution in [3.05, 3.63) is 280 Å². The molecule has 0 spiro atoms. The molecule has 9 aromatic carbocycles. The number of nitrogens with zero attached hydrogens (tertiary/aromatic N) is 2. The highest BCUT2D eigenvalue weighted by Crippen LogP contribution is 2.60. The molecular weight excluding hydrogens is 809 g/mol. The Bertz CT molecular complexity index is 3370. The van der Waals surface area contributed by atoms with Crippen molar-refractivity contribution < 1.29 is 0 Å². The Labute approximate surface area is 396 Å². The van der Waals surface area contributed by atoms with Crippen molar-refractivity contribution in [3.63, 3.8) is 0 Å². The van der Waals surface area contributed by atoms with Gasteiger partial charge in [-0.3, -0.25) is 0 Å². The molecule has 0 fully saturated rings. The fraction of sp³-hybridized carbons (Fsp3) is 0.154. The molecule has 2 aliphatic carbocycles. The molecular formula is C65H54N2. The zero-order valence-corrected chi connectivity index (χ0v) is 39.2. The van der Waals surface area contributed by atoms with E-state index < -0.39 is 10.8 Å². The maximum absolute atomic E-state index is 10.4. The lowest BCUT2D eigenvalue weighted by molar-refractivity contribution is 0.587. The van der Waals surface area contributed by atoms with Gasteiger partial charge in [0.1, 0.15) is 0 Å². The molecule has 2 unspecified atom stereocenters. The Kier molecular flexibility index (Phi) is 9.84. The Morgan fingerprint density at radius 2 is 0.791 bits per heavy atom. The minimum absolute atomic E-state index is 0.0238. The second kappa shape index (κ2) is 15.7. The zero-order valence-electron chi connectivity index (χ0n) is 39.2.